The van der Waals surface area contributed by atoms with Crippen molar-refractivity contribution in [1.82, 2.24) is 9.73 Å². The lowest BCUT2D eigenvalue weighted by atomic mass is 9.98. The number of sulfonamides is 1. The van der Waals surface area contributed by atoms with Crippen LogP contribution in [0.4, 0.5) is 0 Å². The Balaban J connectivity index is 1.57. The largest absolute Gasteiger partial charge is 0.496 e. The molecule has 1 aliphatic rings. The molecule has 1 amide bonds. The van der Waals surface area contributed by atoms with Crippen molar-refractivity contribution in [3.05, 3.63) is 57.0 Å². The van der Waals surface area contributed by atoms with E-state index in [0.29, 0.717) is 31.7 Å². The number of hydrogen-bond donors (Lipinski definition) is 1. The van der Waals surface area contributed by atoms with E-state index in [1.54, 1.807) is 37.4 Å². The zero-order valence-corrected chi connectivity index (χ0v) is 20.2. The van der Waals surface area contributed by atoms with Gasteiger partial charge >= 0.3 is 0 Å². The van der Waals surface area contributed by atoms with Crippen LogP contribution in [0, 0.1) is 5.92 Å². The molecule has 30 heavy (non-hydrogen) atoms. The van der Waals surface area contributed by atoms with Crippen molar-refractivity contribution < 1.29 is 17.9 Å². The third-order valence-corrected chi connectivity index (χ3v) is 7.78. The van der Waals surface area contributed by atoms with Gasteiger partial charge in [-0.3, -0.25) is 4.79 Å². The van der Waals surface area contributed by atoms with E-state index in [9.17, 15) is 13.2 Å². The van der Waals surface area contributed by atoms with Crippen molar-refractivity contribution in [3.63, 3.8) is 0 Å². The van der Waals surface area contributed by atoms with Crippen molar-refractivity contribution in [2.75, 3.05) is 20.2 Å². The average molecular weight is 559 g/mol. The first-order valence-corrected chi connectivity index (χ1v) is 12.3. The van der Waals surface area contributed by atoms with Crippen molar-refractivity contribution in [3.8, 4) is 5.75 Å². The first-order valence-electron chi connectivity index (χ1n) is 9.23. The van der Waals surface area contributed by atoms with E-state index < -0.39 is 10.0 Å². The fraction of sp³-hybridized carbons (Fsp3) is 0.300. The van der Waals surface area contributed by atoms with Gasteiger partial charge in [-0.2, -0.15) is 9.41 Å². The van der Waals surface area contributed by atoms with Gasteiger partial charge in [0.05, 0.1) is 18.2 Å². The van der Waals surface area contributed by atoms with Crippen LogP contribution in [0.3, 0.4) is 0 Å². The van der Waals surface area contributed by atoms with Crippen molar-refractivity contribution >= 4 is 54.0 Å². The number of hydrogen-bond acceptors (Lipinski definition) is 5. The summed E-state index contributed by atoms with van der Waals surface area (Å²) in [5, 5.41) is 4.03. The van der Waals surface area contributed by atoms with Crippen LogP contribution in [-0.2, 0) is 14.8 Å². The summed E-state index contributed by atoms with van der Waals surface area (Å²) >= 11 is 6.70. The minimum atomic E-state index is -3.56. The Morgan fingerprint density at radius 1 is 1.13 bits per heavy atom. The van der Waals surface area contributed by atoms with Gasteiger partial charge in [-0.1, -0.05) is 31.9 Å². The summed E-state index contributed by atoms with van der Waals surface area (Å²) in [6.07, 6.45) is 2.41. The number of carbonyl (C=O) groups excluding carboxylic acids is 1. The summed E-state index contributed by atoms with van der Waals surface area (Å²) in [4.78, 5) is 12.7. The van der Waals surface area contributed by atoms with Gasteiger partial charge in [0.2, 0.25) is 15.9 Å². The second-order valence-corrected chi connectivity index (χ2v) is 10.5. The molecule has 1 fully saturated rings. The van der Waals surface area contributed by atoms with Crippen molar-refractivity contribution in [2.24, 2.45) is 11.0 Å². The molecule has 1 aliphatic heterocycles. The summed E-state index contributed by atoms with van der Waals surface area (Å²) in [7, 11) is -2.00. The summed E-state index contributed by atoms with van der Waals surface area (Å²) in [6, 6.07) is 12.0. The van der Waals surface area contributed by atoms with Crippen LogP contribution < -0.4 is 10.2 Å². The lowest BCUT2D eigenvalue weighted by Crippen LogP contribution is -2.42. The minimum absolute atomic E-state index is 0.221. The number of carbonyl (C=O) groups is 1. The molecule has 0 aromatic heterocycles. The van der Waals surface area contributed by atoms with Crippen molar-refractivity contribution in [1.29, 1.82) is 0 Å². The van der Waals surface area contributed by atoms with Crippen LogP contribution in [0.15, 0.2) is 61.4 Å². The van der Waals surface area contributed by atoms with Crippen LogP contribution in [0.1, 0.15) is 18.4 Å². The maximum atomic E-state index is 12.8. The van der Waals surface area contributed by atoms with E-state index in [-0.39, 0.29) is 16.7 Å². The molecular weight excluding hydrogens is 538 g/mol. The van der Waals surface area contributed by atoms with Gasteiger partial charge in [0, 0.05) is 33.5 Å². The standard InChI is InChI=1S/C20H21Br2N3O4S/c1-29-19-7-4-17(22)12-15(19)13-23-24-20(26)14-8-10-25(11-9-14)30(27,28)18-5-2-16(21)3-6-18/h2-7,12-14H,8-11H2,1H3,(H,24,26)/b23-13-. The fourth-order valence-electron chi connectivity index (χ4n) is 3.18. The zero-order valence-electron chi connectivity index (χ0n) is 16.2. The molecule has 1 heterocycles. The van der Waals surface area contributed by atoms with E-state index in [2.05, 4.69) is 42.4 Å². The molecule has 0 saturated carbocycles. The molecule has 0 spiro atoms. The number of methoxy groups -OCH3 is 1. The Labute approximate surface area is 192 Å². The number of ether oxygens (including phenoxy) is 1. The van der Waals surface area contributed by atoms with Gasteiger partial charge in [0.15, 0.2) is 0 Å². The first kappa shape index (κ1) is 22.9. The van der Waals surface area contributed by atoms with Gasteiger partial charge in [-0.15, -0.1) is 0 Å². The maximum Gasteiger partial charge on any atom is 0.243 e. The molecule has 0 unspecified atom stereocenters. The molecule has 7 nitrogen and oxygen atoms in total. The molecule has 1 saturated heterocycles. The van der Waals surface area contributed by atoms with Crippen LogP contribution in [0.25, 0.3) is 0 Å². The molecule has 3 rings (SSSR count). The topological polar surface area (TPSA) is 88.1 Å². The molecule has 0 radical (unpaired) electrons. The predicted octanol–water partition coefficient (Wildman–Crippen LogP) is 3.77. The highest BCUT2D eigenvalue weighted by Crippen LogP contribution is 2.25. The molecule has 2 aromatic rings. The minimum Gasteiger partial charge on any atom is -0.496 e. The highest BCUT2D eigenvalue weighted by molar-refractivity contribution is 9.10. The van der Waals surface area contributed by atoms with E-state index in [1.165, 1.54) is 10.5 Å². The van der Waals surface area contributed by atoms with Crippen LogP contribution in [0.5, 0.6) is 5.75 Å². The third kappa shape index (κ3) is 5.48. The van der Waals surface area contributed by atoms with E-state index >= 15 is 0 Å². The Hall–Kier alpha value is -1.75. The summed E-state index contributed by atoms with van der Waals surface area (Å²) in [5.41, 5.74) is 3.27. The summed E-state index contributed by atoms with van der Waals surface area (Å²) in [5.74, 6) is 0.131. The summed E-state index contributed by atoms with van der Waals surface area (Å²) in [6.45, 7) is 0.583. The smallest absolute Gasteiger partial charge is 0.243 e. The number of halogens is 2. The number of nitrogens with one attached hydrogen (secondary N) is 1. The lowest BCUT2D eigenvalue weighted by molar-refractivity contribution is -0.126. The Morgan fingerprint density at radius 2 is 1.77 bits per heavy atom. The highest BCUT2D eigenvalue weighted by atomic mass is 79.9. The molecule has 2 aromatic carbocycles. The van der Waals surface area contributed by atoms with Crippen LogP contribution in [-0.4, -0.2) is 45.0 Å². The van der Waals surface area contributed by atoms with Crippen LogP contribution >= 0.6 is 31.9 Å². The molecule has 160 valence electrons. The normalized spacial score (nSPS) is 16.0. The average Bonchev–Trinajstić information content (AvgIpc) is 2.74. The number of nitrogens with zero attached hydrogens (tertiary/aromatic N) is 2. The SMILES string of the molecule is COc1ccc(Br)cc1/C=N\NC(=O)C1CCN(S(=O)(=O)c2ccc(Br)cc2)CC1. The van der Waals surface area contributed by atoms with E-state index in [1.807, 2.05) is 12.1 Å². The summed E-state index contributed by atoms with van der Waals surface area (Å²) < 4.78 is 33.9. The molecule has 0 bridgehead atoms. The molecule has 1 N–H and O–H groups in total. The predicted molar refractivity (Wildman–Crippen MR) is 122 cm³/mol. The fourth-order valence-corrected chi connectivity index (χ4v) is 5.29. The van der Waals surface area contributed by atoms with Gasteiger partial charge in [-0.05, 0) is 55.3 Å². The van der Waals surface area contributed by atoms with Gasteiger partial charge in [-0.25, -0.2) is 13.8 Å². The number of hydrazone groups is 1. The molecule has 0 aliphatic carbocycles. The van der Waals surface area contributed by atoms with Gasteiger partial charge in [0.25, 0.3) is 0 Å². The van der Waals surface area contributed by atoms with Crippen molar-refractivity contribution in [2.45, 2.75) is 17.7 Å². The third-order valence-electron chi connectivity index (χ3n) is 4.85. The zero-order chi connectivity index (χ0) is 21.7. The first-order chi connectivity index (χ1) is 14.3. The molecule has 0 atom stereocenters. The lowest BCUT2D eigenvalue weighted by Gasteiger charge is -2.30. The van der Waals surface area contributed by atoms with E-state index in [4.69, 9.17) is 4.74 Å². The Morgan fingerprint density at radius 3 is 2.40 bits per heavy atom. The monoisotopic (exact) mass is 557 g/mol. The molecule has 10 heteroatoms. The number of rotatable bonds is 6. The Kier molecular flexibility index (Phi) is 7.67. The second kappa shape index (κ2) is 10.0. The Bertz CT molecular complexity index is 1030. The highest BCUT2D eigenvalue weighted by Gasteiger charge is 2.32. The number of amides is 1. The number of benzene rings is 2. The molecular formula is C20H21Br2N3O4S. The van der Waals surface area contributed by atoms with Gasteiger partial charge < -0.3 is 4.74 Å². The van der Waals surface area contributed by atoms with Crippen LogP contribution in [0.2, 0.25) is 0 Å². The second-order valence-electron chi connectivity index (χ2n) is 6.75. The quantitative estimate of drug-likeness (QED) is 0.432. The maximum absolute atomic E-state index is 12.8. The van der Waals surface area contributed by atoms with E-state index in [0.717, 1.165) is 14.5 Å². The van der Waals surface area contributed by atoms with Gasteiger partial charge in [0.1, 0.15) is 5.75 Å². The number of piperidine rings is 1.